The maximum absolute atomic E-state index is 4.77. The normalized spacial score (nSPS) is 11.4. The fraction of sp³-hybridized carbons (Fsp3) is 0.0811. The summed E-state index contributed by atoms with van der Waals surface area (Å²) in [5.74, 6) is 0. The fourth-order valence-corrected chi connectivity index (χ4v) is 6.09. The van der Waals surface area contributed by atoms with Crippen LogP contribution in [0.25, 0.3) is 61.1 Å². The van der Waals surface area contributed by atoms with E-state index in [1.165, 1.54) is 55.4 Å². The van der Waals surface area contributed by atoms with Crippen LogP contribution in [0, 0.1) is 13.8 Å². The van der Waals surface area contributed by atoms with E-state index >= 15 is 0 Å². The molecule has 3 aromatic heterocycles. The summed E-state index contributed by atoms with van der Waals surface area (Å²) in [6.45, 7) is 4.44. The van der Waals surface area contributed by atoms with Gasteiger partial charge in [-0.05, 0) is 83.6 Å². The van der Waals surface area contributed by atoms with Gasteiger partial charge >= 0.3 is 0 Å². The van der Waals surface area contributed by atoms with Crippen LogP contribution < -0.4 is 4.57 Å². The Labute approximate surface area is 234 Å². The lowest BCUT2D eigenvalue weighted by molar-refractivity contribution is -0.660. The lowest BCUT2D eigenvalue weighted by Gasteiger charge is -2.14. The molecule has 3 nitrogen and oxygen atoms in total. The summed E-state index contributed by atoms with van der Waals surface area (Å²) in [7, 11) is 2.12. The SMILES string of the molecule is Cc1cc(-c2ccccc2)cc(C)c1-c1cc[n+](C)c(-c2cccc(-n3c4ccccc4c4cccnc43)c2)c1. The summed E-state index contributed by atoms with van der Waals surface area (Å²) in [5, 5.41) is 2.38. The molecule has 0 aliphatic carbocycles. The molecule has 192 valence electrons. The maximum Gasteiger partial charge on any atom is 0.212 e. The lowest BCUT2D eigenvalue weighted by Crippen LogP contribution is -2.30. The zero-order valence-electron chi connectivity index (χ0n) is 23.0. The van der Waals surface area contributed by atoms with E-state index in [1.54, 1.807) is 0 Å². The van der Waals surface area contributed by atoms with Gasteiger partial charge < -0.3 is 0 Å². The molecule has 4 aromatic carbocycles. The highest BCUT2D eigenvalue weighted by Crippen LogP contribution is 2.35. The van der Waals surface area contributed by atoms with Crippen LogP contribution in [0.3, 0.4) is 0 Å². The minimum atomic E-state index is 0.976. The molecule has 3 heterocycles. The quantitative estimate of drug-likeness (QED) is 0.215. The molecule has 0 amide bonds. The van der Waals surface area contributed by atoms with Crippen molar-refractivity contribution in [2.24, 2.45) is 7.05 Å². The van der Waals surface area contributed by atoms with Crippen molar-refractivity contribution in [3.05, 3.63) is 139 Å². The molecule has 0 unspecified atom stereocenters. The molecule has 3 heteroatoms. The minimum absolute atomic E-state index is 0.976. The fourth-order valence-electron chi connectivity index (χ4n) is 6.09. The zero-order chi connectivity index (χ0) is 27.2. The molecular formula is C37H30N3+. The number of aromatic nitrogens is 3. The Bertz CT molecular complexity index is 1960. The van der Waals surface area contributed by atoms with E-state index in [2.05, 4.69) is 145 Å². The van der Waals surface area contributed by atoms with Gasteiger partial charge in [0.25, 0.3) is 0 Å². The molecule has 0 fully saturated rings. The Balaban J connectivity index is 1.35. The highest BCUT2D eigenvalue weighted by molar-refractivity contribution is 6.07. The molecule has 0 radical (unpaired) electrons. The highest BCUT2D eigenvalue weighted by Gasteiger charge is 2.18. The average molecular weight is 517 g/mol. The average Bonchev–Trinajstić information content (AvgIpc) is 3.32. The van der Waals surface area contributed by atoms with Crippen LogP contribution in [0.4, 0.5) is 0 Å². The van der Waals surface area contributed by atoms with Gasteiger partial charge in [0.05, 0.1) is 5.52 Å². The number of hydrogen-bond acceptors (Lipinski definition) is 1. The number of pyridine rings is 2. The van der Waals surface area contributed by atoms with Gasteiger partial charge in [-0.2, -0.15) is 0 Å². The van der Waals surface area contributed by atoms with E-state index < -0.39 is 0 Å². The van der Waals surface area contributed by atoms with Gasteiger partial charge in [-0.25, -0.2) is 9.55 Å². The third kappa shape index (κ3) is 3.99. The molecule has 0 spiro atoms. The van der Waals surface area contributed by atoms with Gasteiger partial charge in [0.1, 0.15) is 12.7 Å². The zero-order valence-corrected chi connectivity index (χ0v) is 23.0. The van der Waals surface area contributed by atoms with E-state index in [9.17, 15) is 0 Å². The number of nitrogens with zero attached hydrogens (tertiary/aromatic N) is 3. The molecule has 0 bridgehead atoms. The largest absolute Gasteiger partial charge is 0.294 e. The van der Waals surface area contributed by atoms with Gasteiger partial charge in [0, 0.05) is 40.4 Å². The summed E-state index contributed by atoms with van der Waals surface area (Å²) in [6, 6.07) is 41.3. The summed E-state index contributed by atoms with van der Waals surface area (Å²) < 4.78 is 4.48. The van der Waals surface area contributed by atoms with Crippen molar-refractivity contribution in [1.29, 1.82) is 0 Å². The Morgan fingerprint density at radius 1 is 0.600 bits per heavy atom. The number of fused-ring (bicyclic) bond motifs is 3. The van der Waals surface area contributed by atoms with Gasteiger partial charge in [-0.1, -0.05) is 66.7 Å². The van der Waals surface area contributed by atoms with Gasteiger partial charge in [-0.15, -0.1) is 0 Å². The Hall–Kier alpha value is -5.02. The van der Waals surface area contributed by atoms with Crippen LogP contribution in [0.5, 0.6) is 0 Å². The van der Waals surface area contributed by atoms with Crippen LogP contribution in [0.15, 0.2) is 128 Å². The smallest absolute Gasteiger partial charge is 0.212 e. The van der Waals surface area contributed by atoms with Crippen LogP contribution in [-0.4, -0.2) is 9.55 Å². The first-order valence-corrected chi connectivity index (χ1v) is 13.7. The van der Waals surface area contributed by atoms with E-state index in [-0.39, 0.29) is 0 Å². The van der Waals surface area contributed by atoms with Crippen LogP contribution in [-0.2, 0) is 7.05 Å². The van der Waals surface area contributed by atoms with Crippen molar-refractivity contribution < 1.29 is 4.57 Å². The predicted octanol–water partition coefficient (Wildman–Crippen LogP) is 8.62. The first-order chi connectivity index (χ1) is 19.6. The third-order valence-electron chi connectivity index (χ3n) is 7.91. The topological polar surface area (TPSA) is 21.7 Å². The second-order valence-corrected chi connectivity index (χ2v) is 10.5. The molecule has 0 atom stereocenters. The highest BCUT2D eigenvalue weighted by atomic mass is 15.0. The van der Waals surface area contributed by atoms with Crippen LogP contribution in [0.1, 0.15) is 11.1 Å². The van der Waals surface area contributed by atoms with Crippen molar-refractivity contribution in [3.63, 3.8) is 0 Å². The molecule has 7 rings (SSSR count). The molecular weight excluding hydrogens is 486 g/mol. The number of aryl methyl sites for hydroxylation is 3. The van der Waals surface area contributed by atoms with E-state index in [4.69, 9.17) is 4.98 Å². The molecule has 0 N–H and O–H groups in total. The molecule has 0 aliphatic heterocycles. The van der Waals surface area contributed by atoms with Crippen molar-refractivity contribution in [1.82, 2.24) is 9.55 Å². The third-order valence-corrected chi connectivity index (χ3v) is 7.91. The first kappa shape index (κ1) is 24.1. The summed E-state index contributed by atoms with van der Waals surface area (Å²) in [6.07, 6.45) is 4.04. The number of rotatable bonds is 4. The van der Waals surface area contributed by atoms with Crippen molar-refractivity contribution >= 4 is 21.9 Å². The summed E-state index contributed by atoms with van der Waals surface area (Å²) in [4.78, 5) is 4.77. The Morgan fingerprint density at radius 2 is 1.32 bits per heavy atom. The molecule has 0 saturated carbocycles. The van der Waals surface area contributed by atoms with Crippen molar-refractivity contribution in [2.45, 2.75) is 13.8 Å². The van der Waals surface area contributed by atoms with Crippen molar-refractivity contribution in [3.8, 4) is 39.2 Å². The van der Waals surface area contributed by atoms with E-state index in [1.807, 2.05) is 12.3 Å². The predicted molar refractivity (Wildman–Crippen MR) is 166 cm³/mol. The monoisotopic (exact) mass is 516 g/mol. The molecule has 40 heavy (non-hydrogen) atoms. The van der Waals surface area contributed by atoms with Gasteiger partial charge in [0.2, 0.25) is 5.69 Å². The second kappa shape index (κ2) is 9.62. The number of benzene rings is 4. The van der Waals surface area contributed by atoms with Crippen LogP contribution >= 0.6 is 0 Å². The maximum atomic E-state index is 4.77. The molecule has 7 aromatic rings. The van der Waals surface area contributed by atoms with E-state index in [0.29, 0.717) is 0 Å². The van der Waals surface area contributed by atoms with Gasteiger partial charge in [-0.3, -0.25) is 4.57 Å². The molecule has 0 saturated heterocycles. The standard InChI is InChI=1S/C37H30N3/c1-25-21-30(27-11-5-4-6-12-27)22-26(2)36(25)29-18-20-39(3)35(24-29)28-13-9-14-31(23-28)40-34-17-8-7-15-32(34)33-16-10-19-38-37(33)40/h4-24H,1-3H3/q+1. The summed E-state index contributed by atoms with van der Waals surface area (Å²) in [5.41, 5.74) is 13.2. The summed E-state index contributed by atoms with van der Waals surface area (Å²) >= 11 is 0. The Morgan fingerprint density at radius 3 is 2.15 bits per heavy atom. The molecule has 0 aliphatic rings. The number of para-hydroxylation sites is 1. The first-order valence-electron chi connectivity index (χ1n) is 13.7. The van der Waals surface area contributed by atoms with Crippen molar-refractivity contribution in [2.75, 3.05) is 0 Å². The van der Waals surface area contributed by atoms with E-state index in [0.717, 1.165) is 16.9 Å². The van der Waals surface area contributed by atoms with Crippen LogP contribution in [0.2, 0.25) is 0 Å². The second-order valence-electron chi connectivity index (χ2n) is 10.5. The number of hydrogen-bond donors (Lipinski definition) is 0. The van der Waals surface area contributed by atoms with Gasteiger partial charge in [0.15, 0.2) is 6.20 Å². The lowest BCUT2D eigenvalue weighted by atomic mass is 9.91. The Kier molecular flexibility index (Phi) is 5.78. The minimum Gasteiger partial charge on any atom is -0.294 e.